The van der Waals surface area contributed by atoms with Crippen molar-refractivity contribution in [3.05, 3.63) is 33.4 Å². The Labute approximate surface area is 104 Å². The van der Waals surface area contributed by atoms with Crippen LogP contribution in [0.3, 0.4) is 0 Å². The van der Waals surface area contributed by atoms with Gasteiger partial charge in [0.25, 0.3) is 5.69 Å². The summed E-state index contributed by atoms with van der Waals surface area (Å²) in [6.45, 7) is 3.06. The lowest BCUT2D eigenvalue weighted by atomic mass is 10.1. The van der Waals surface area contributed by atoms with Crippen LogP contribution < -0.4 is 5.32 Å². The van der Waals surface area contributed by atoms with Crippen LogP contribution >= 0.6 is 0 Å². The third-order valence-corrected chi connectivity index (χ3v) is 2.37. The van der Waals surface area contributed by atoms with Crippen molar-refractivity contribution >= 4 is 17.5 Å². The molecule has 1 amide bonds. The zero-order valence-electron chi connectivity index (χ0n) is 10.1. The second-order valence-electron chi connectivity index (χ2n) is 3.70. The van der Waals surface area contributed by atoms with Gasteiger partial charge in [0.1, 0.15) is 12.3 Å². The van der Waals surface area contributed by atoms with Crippen LogP contribution in [0.4, 0.5) is 16.2 Å². The number of benzene rings is 1. The van der Waals surface area contributed by atoms with E-state index in [1.807, 2.05) is 0 Å². The number of amides is 1. The van der Waals surface area contributed by atoms with Crippen LogP contribution in [0.2, 0.25) is 0 Å². The van der Waals surface area contributed by atoms with Gasteiger partial charge in [-0.05, 0) is 31.0 Å². The van der Waals surface area contributed by atoms with Crippen molar-refractivity contribution in [2.24, 2.45) is 0 Å². The van der Waals surface area contributed by atoms with Gasteiger partial charge in [0.05, 0.1) is 11.5 Å². The number of hydrogen-bond donors (Lipinski definition) is 2. The second-order valence-corrected chi connectivity index (χ2v) is 3.70. The van der Waals surface area contributed by atoms with Crippen molar-refractivity contribution < 1.29 is 19.6 Å². The third-order valence-electron chi connectivity index (χ3n) is 2.37. The third kappa shape index (κ3) is 3.42. The number of nitro benzene ring substituents is 1. The Bertz CT molecular complexity index is 473. The topological polar surface area (TPSA) is 102 Å². The zero-order chi connectivity index (χ0) is 13.7. The Balaban J connectivity index is 2.96. The first-order valence-corrected chi connectivity index (χ1v) is 5.26. The first-order valence-electron chi connectivity index (χ1n) is 5.26. The molecule has 0 aliphatic heterocycles. The Morgan fingerprint density at radius 3 is 2.61 bits per heavy atom. The molecule has 0 saturated heterocycles. The monoisotopic (exact) mass is 254 g/mol. The predicted molar refractivity (Wildman–Crippen MR) is 64.6 cm³/mol. The summed E-state index contributed by atoms with van der Waals surface area (Å²) in [7, 11) is 0. The molecule has 7 heteroatoms. The first-order chi connectivity index (χ1) is 8.45. The van der Waals surface area contributed by atoms with Crippen LogP contribution in [-0.2, 0) is 4.74 Å². The van der Waals surface area contributed by atoms with E-state index in [-0.39, 0.29) is 24.6 Å². The molecule has 0 aliphatic carbocycles. The fraction of sp³-hybridized carbons (Fsp3) is 0.364. The number of aryl methyl sites for hydroxylation is 2. The van der Waals surface area contributed by atoms with E-state index in [9.17, 15) is 14.9 Å². The Morgan fingerprint density at radius 2 is 2.06 bits per heavy atom. The van der Waals surface area contributed by atoms with Crippen molar-refractivity contribution in [1.29, 1.82) is 0 Å². The first kappa shape index (κ1) is 13.9. The van der Waals surface area contributed by atoms with E-state index >= 15 is 0 Å². The van der Waals surface area contributed by atoms with Gasteiger partial charge in [-0.1, -0.05) is 0 Å². The number of carbonyl (C=O) groups is 1. The minimum absolute atomic E-state index is 0.0750. The van der Waals surface area contributed by atoms with Gasteiger partial charge in [0.2, 0.25) is 0 Å². The lowest BCUT2D eigenvalue weighted by molar-refractivity contribution is -0.384. The fourth-order valence-corrected chi connectivity index (χ4v) is 1.34. The smallest absolute Gasteiger partial charge is 0.411 e. The summed E-state index contributed by atoms with van der Waals surface area (Å²) in [5.74, 6) is 0. The number of nitrogens with one attached hydrogen (secondary N) is 1. The Morgan fingerprint density at radius 1 is 1.44 bits per heavy atom. The molecule has 98 valence electrons. The molecule has 18 heavy (non-hydrogen) atoms. The van der Waals surface area contributed by atoms with E-state index in [1.54, 1.807) is 13.8 Å². The summed E-state index contributed by atoms with van der Waals surface area (Å²) < 4.78 is 4.58. The maximum atomic E-state index is 11.3. The van der Waals surface area contributed by atoms with Gasteiger partial charge in [-0.3, -0.25) is 15.4 Å². The van der Waals surface area contributed by atoms with Gasteiger partial charge in [-0.25, -0.2) is 4.79 Å². The summed E-state index contributed by atoms with van der Waals surface area (Å²) in [6.07, 6.45) is -0.838. The quantitative estimate of drug-likeness (QED) is 0.629. The summed E-state index contributed by atoms with van der Waals surface area (Å²) >= 11 is 0. The highest BCUT2D eigenvalue weighted by Gasteiger charge is 2.17. The molecule has 0 saturated carbocycles. The summed E-state index contributed by atoms with van der Waals surface area (Å²) in [5.41, 5.74) is 1.46. The number of ether oxygens (including phenoxy) is 1. The minimum atomic E-state index is -0.838. The molecule has 1 aromatic rings. The molecule has 0 aliphatic rings. The average Bonchev–Trinajstić information content (AvgIpc) is 2.30. The molecule has 7 nitrogen and oxygen atoms in total. The fourth-order valence-electron chi connectivity index (χ4n) is 1.34. The largest absolute Gasteiger partial charge is 0.447 e. The number of carbonyl (C=O) groups excluding carboxylic acids is 1. The van der Waals surface area contributed by atoms with Crippen LogP contribution in [0.5, 0.6) is 0 Å². The van der Waals surface area contributed by atoms with Gasteiger partial charge in [-0.15, -0.1) is 0 Å². The Hall–Kier alpha value is -2.15. The number of rotatable bonds is 4. The highest BCUT2D eigenvalue weighted by atomic mass is 16.6. The number of nitrogens with zero attached hydrogens (tertiary/aromatic N) is 1. The molecule has 0 atom stereocenters. The summed E-state index contributed by atoms with van der Waals surface area (Å²) in [6, 6.07) is 2.89. The van der Waals surface area contributed by atoms with Gasteiger partial charge in [-0.2, -0.15) is 0 Å². The molecular formula is C11H14N2O5. The van der Waals surface area contributed by atoms with Crippen molar-refractivity contribution in [3.8, 4) is 0 Å². The number of aliphatic hydroxyl groups is 1. The molecule has 0 aromatic heterocycles. The second kappa shape index (κ2) is 5.97. The van der Waals surface area contributed by atoms with E-state index in [4.69, 9.17) is 5.11 Å². The predicted octanol–water partition coefficient (Wildman–Crippen LogP) is 1.75. The molecule has 2 N–H and O–H groups in total. The Kier molecular flexibility index (Phi) is 4.61. The molecule has 0 bridgehead atoms. The van der Waals surface area contributed by atoms with Gasteiger partial charge in [0.15, 0.2) is 0 Å². The lowest BCUT2D eigenvalue weighted by Crippen LogP contribution is -2.16. The van der Waals surface area contributed by atoms with E-state index < -0.39 is 11.0 Å². The number of anilines is 1. The molecule has 0 fully saturated rings. The van der Waals surface area contributed by atoms with E-state index in [2.05, 4.69) is 10.1 Å². The maximum absolute atomic E-state index is 11.3. The highest BCUT2D eigenvalue weighted by Crippen LogP contribution is 2.27. The van der Waals surface area contributed by atoms with E-state index in [0.29, 0.717) is 0 Å². The van der Waals surface area contributed by atoms with Crippen molar-refractivity contribution in [2.45, 2.75) is 13.8 Å². The van der Waals surface area contributed by atoms with Crippen LogP contribution in [0.1, 0.15) is 11.1 Å². The zero-order valence-corrected chi connectivity index (χ0v) is 10.1. The molecule has 0 spiro atoms. The van der Waals surface area contributed by atoms with Crippen molar-refractivity contribution in [2.75, 3.05) is 18.5 Å². The molecular weight excluding hydrogens is 240 g/mol. The number of nitro groups is 1. The average molecular weight is 254 g/mol. The van der Waals surface area contributed by atoms with Crippen LogP contribution in [-0.4, -0.2) is 29.3 Å². The number of hydrogen-bond acceptors (Lipinski definition) is 5. The maximum Gasteiger partial charge on any atom is 0.411 e. The summed E-state index contributed by atoms with van der Waals surface area (Å²) in [5, 5.41) is 21.6. The number of aliphatic hydroxyl groups excluding tert-OH is 1. The normalized spacial score (nSPS) is 9.94. The molecule has 1 aromatic carbocycles. The van der Waals surface area contributed by atoms with Crippen LogP contribution in [0, 0.1) is 24.0 Å². The molecule has 0 radical (unpaired) electrons. The van der Waals surface area contributed by atoms with Crippen LogP contribution in [0.25, 0.3) is 0 Å². The van der Waals surface area contributed by atoms with Gasteiger partial charge >= 0.3 is 6.09 Å². The van der Waals surface area contributed by atoms with Crippen molar-refractivity contribution in [1.82, 2.24) is 0 Å². The summed E-state index contributed by atoms with van der Waals surface area (Å²) in [4.78, 5) is 21.6. The minimum Gasteiger partial charge on any atom is -0.447 e. The van der Waals surface area contributed by atoms with Gasteiger partial charge < -0.3 is 9.84 Å². The standard InChI is InChI=1S/C11H14N2O5/c1-7-5-9(12-11(15)18-4-3-14)10(13(16)17)6-8(7)2/h5-6,14H,3-4H2,1-2H3,(H,12,15). The van der Waals surface area contributed by atoms with Crippen molar-refractivity contribution in [3.63, 3.8) is 0 Å². The molecule has 0 unspecified atom stereocenters. The van der Waals surface area contributed by atoms with Crippen LogP contribution in [0.15, 0.2) is 12.1 Å². The van der Waals surface area contributed by atoms with E-state index in [1.165, 1.54) is 12.1 Å². The molecule has 1 rings (SSSR count). The van der Waals surface area contributed by atoms with E-state index in [0.717, 1.165) is 11.1 Å². The highest BCUT2D eigenvalue weighted by molar-refractivity contribution is 5.88. The SMILES string of the molecule is Cc1cc(NC(=O)OCCO)c([N+](=O)[O-])cc1C. The lowest BCUT2D eigenvalue weighted by Gasteiger charge is -2.08. The van der Waals surface area contributed by atoms with Gasteiger partial charge in [0, 0.05) is 6.07 Å². The molecule has 0 heterocycles.